The monoisotopic (exact) mass is 289 g/mol. The summed E-state index contributed by atoms with van der Waals surface area (Å²) in [5.74, 6) is 0.301. The van der Waals surface area contributed by atoms with Crippen molar-refractivity contribution in [3.8, 4) is 5.75 Å². The van der Waals surface area contributed by atoms with E-state index in [4.69, 9.17) is 10.5 Å². The number of halogens is 2. The number of ether oxygens (including phenoxy) is 1. The van der Waals surface area contributed by atoms with Gasteiger partial charge in [0.1, 0.15) is 11.6 Å². The maximum Gasteiger partial charge on any atom is 0.143 e. The van der Waals surface area contributed by atoms with Crippen LogP contribution in [0.4, 0.5) is 4.39 Å². The summed E-state index contributed by atoms with van der Waals surface area (Å²) in [6.07, 6.45) is 0.635. The maximum atomic E-state index is 13.6. The molecule has 0 fully saturated rings. The number of methoxy groups -OCH3 is 1. The summed E-state index contributed by atoms with van der Waals surface area (Å²) in [5, 5.41) is 0. The number of hydrogen-bond acceptors (Lipinski definition) is 2. The van der Waals surface area contributed by atoms with E-state index in [0.29, 0.717) is 22.2 Å². The van der Waals surface area contributed by atoms with Gasteiger partial charge in [-0.1, -0.05) is 0 Å². The molecule has 0 saturated heterocycles. The second kappa shape index (κ2) is 4.72. The smallest absolute Gasteiger partial charge is 0.143 e. The Labute approximate surface area is 104 Å². The molecule has 0 amide bonds. The van der Waals surface area contributed by atoms with Crippen LogP contribution < -0.4 is 10.5 Å². The third-order valence-corrected chi connectivity index (χ3v) is 2.90. The van der Waals surface area contributed by atoms with Crippen molar-refractivity contribution in [3.05, 3.63) is 27.5 Å². The van der Waals surface area contributed by atoms with Crippen LogP contribution in [-0.4, -0.2) is 12.6 Å². The zero-order valence-electron chi connectivity index (χ0n) is 10.0. The molecule has 0 spiro atoms. The van der Waals surface area contributed by atoms with Crippen molar-refractivity contribution in [1.82, 2.24) is 0 Å². The fraction of sp³-hybridized carbons (Fsp3) is 0.500. The van der Waals surface area contributed by atoms with Crippen LogP contribution in [-0.2, 0) is 6.42 Å². The van der Waals surface area contributed by atoms with Gasteiger partial charge in [-0.15, -0.1) is 0 Å². The molecule has 1 aromatic carbocycles. The normalized spacial score (nSPS) is 11.7. The van der Waals surface area contributed by atoms with E-state index in [-0.39, 0.29) is 11.4 Å². The molecule has 0 unspecified atom stereocenters. The van der Waals surface area contributed by atoms with Gasteiger partial charge in [0.05, 0.1) is 11.6 Å². The van der Waals surface area contributed by atoms with Gasteiger partial charge in [0.2, 0.25) is 0 Å². The van der Waals surface area contributed by atoms with Gasteiger partial charge < -0.3 is 10.5 Å². The molecule has 16 heavy (non-hydrogen) atoms. The fourth-order valence-corrected chi connectivity index (χ4v) is 2.28. The largest absolute Gasteiger partial charge is 0.496 e. The molecule has 0 saturated carbocycles. The third kappa shape index (κ3) is 2.95. The van der Waals surface area contributed by atoms with E-state index >= 15 is 0 Å². The quantitative estimate of drug-likeness (QED) is 0.928. The highest BCUT2D eigenvalue weighted by Gasteiger charge is 2.19. The van der Waals surface area contributed by atoms with Gasteiger partial charge in [0.15, 0.2) is 0 Å². The molecule has 1 rings (SSSR count). The van der Waals surface area contributed by atoms with Gasteiger partial charge in [-0.2, -0.15) is 0 Å². The molecule has 0 heterocycles. The molecule has 0 bridgehead atoms. The van der Waals surface area contributed by atoms with E-state index in [0.717, 1.165) is 5.56 Å². The molecule has 0 radical (unpaired) electrons. The molecule has 0 aliphatic heterocycles. The highest BCUT2D eigenvalue weighted by Crippen LogP contribution is 2.32. The predicted molar refractivity (Wildman–Crippen MR) is 67.4 cm³/mol. The third-order valence-electron chi connectivity index (χ3n) is 2.32. The summed E-state index contributed by atoms with van der Waals surface area (Å²) < 4.78 is 19.3. The van der Waals surface area contributed by atoms with Gasteiger partial charge >= 0.3 is 0 Å². The van der Waals surface area contributed by atoms with Crippen LogP contribution in [0.5, 0.6) is 5.75 Å². The Kier molecular flexibility index (Phi) is 3.97. The minimum Gasteiger partial charge on any atom is -0.496 e. The zero-order valence-corrected chi connectivity index (χ0v) is 11.6. The minimum absolute atomic E-state index is 0.282. The van der Waals surface area contributed by atoms with Crippen molar-refractivity contribution < 1.29 is 9.13 Å². The van der Waals surface area contributed by atoms with Gasteiger partial charge in [-0.3, -0.25) is 0 Å². The van der Waals surface area contributed by atoms with Crippen LogP contribution in [0.15, 0.2) is 10.5 Å². The first-order valence-electron chi connectivity index (χ1n) is 5.06. The van der Waals surface area contributed by atoms with E-state index in [1.54, 1.807) is 20.1 Å². The maximum absolute atomic E-state index is 13.6. The van der Waals surface area contributed by atoms with Crippen molar-refractivity contribution in [2.45, 2.75) is 32.7 Å². The highest BCUT2D eigenvalue weighted by atomic mass is 79.9. The van der Waals surface area contributed by atoms with E-state index in [1.807, 2.05) is 13.8 Å². The van der Waals surface area contributed by atoms with Gasteiger partial charge in [0.25, 0.3) is 0 Å². The Morgan fingerprint density at radius 3 is 2.50 bits per heavy atom. The SMILES string of the molecule is COc1c(CC(C)(C)N)cc(Br)c(F)c1C. The predicted octanol–water partition coefficient (Wildman–Crippen LogP) is 3.19. The first kappa shape index (κ1) is 13.5. The first-order chi connectivity index (χ1) is 7.26. The van der Waals surface area contributed by atoms with Crippen LogP contribution in [0.1, 0.15) is 25.0 Å². The van der Waals surface area contributed by atoms with Gasteiger partial charge in [-0.25, -0.2) is 4.39 Å². The van der Waals surface area contributed by atoms with Crippen molar-refractivity contribution in [2.24, 2.45) is 5.73 Å². The van der Waals surface area contributed by atoms with Crippen LogP contribution >= 0.6 is 15.9 Å². The molecule has 90 valence electrons. The van der Waals surface area contributed by atoms with E-state index in [2.05, 4.69) is 15.9 Å². The molecule has 0 atom stereocenters. The van der Waals surface area contributed by atoms with E-state index in [1.165, 1.54) is 0 Å². The lowest BCUT2D eigenvalue weighted by molar-refractivity contribution is 0.394. The second-order valence-corrected chi connectivity index (χ2v) is 5.51. The summed E-state index contributed by atoms with van der Waals surface area (Å²) in [6.45, 7) is 5.56. The van der Waals surface area contributed by atoms with Crippen LogP contribution in [0, 0.1) is 12.7 Å². The molecule has 1 aromatic rings. The lowest BCUT2D eigenvalue weighted by atomic mass is 9.94. The van der Waals surface area contributed by atoms with Crippen LogP contribution in [0.3, 0.4) is 0 Å². The lowest BCUT2D eigenvalue weighted by Crippen LogP contribution is -2.34. The minimum atomic E-state index is -0.350. The molecule has 2 N–H and O–H groups in total. The average Bonchev–Trinajstić information content (AvgIpc) is 2.12. The summed E-state index contributed by atoms with van der Waals surface area (Å²) in [7, 11) is 1.54. The Bertz CT molecular complexity index is 399. The van der Waals surface area contributed by atoms with Crippen molar-refractivity contribution in [1.29, 1.82) is 0 Å². The second-order valence-electron chi connectivity index (χ2n) is 4.66. The molecular weight excluding hydrogens is 273 g/mol. The summed E-state index contributed by atoms with van der Waals surface area (Å²) >= 11 is 3.20. The van der Waals surface area contributed by atoms with Crippen LogP contribution in [0.2, 0.25) is 0 Å². The Balaban J connectivity index is 3.28. The summed E-state index contributed by atoms with van der Waals surface area (Å²) in [5.41, 5.74) is 7.04. The molecule has 0 aliphatic rings. The number of benzene rings is 1. The lowest BCUT2D eigenvalue weighted by Gasteiger charge is -2.21. The van der Waals surface area contributed by atoms with Crippen molar-refractivity contribution in [2.75, 3.05) is 7.11 Å². The molecule has 2 nitrogen and oxygen atoms in total. The van der Waals surface area contributed by atoms with Gasteiger partial charge in [0, 0.05) is 11.1 Å². The zero-order chi connectivity index (χ0) is 12.5. The summed E-state index contributed by atoms with van der Waals surface area (Å²) in [4.78, 5) is 0. The number of nitrogens with two attached hydrogens (primary N) is 1. The fourth-order valence-electron chi connectivity index (χ4n) is 1.71. The van der Waals surface area contributed by atoms with Crippen LogP contribution in [0.25, 0.3) is 0 Å². The Hall–Kier alpha value is -0.610. The molecular formula is C12H17BrFNO. The topological polar surface area (TPSA) is 35.2 Å². The van der Waals surface area contributed by atoms with E-state index < -0.39 is 0 Å². The van der Waals surface area contributed by atoms with Gasteiger partial charge in [-0.05, 0) is 54.8 Å². The average molecular weight is 290 g/mol. The number of rotatable bonds is 3. The summed E-state index contributed by atoms with van der Waals surface area (Å²) in [6, 6.07) is 1.73. The molecule has 0 aliphatic carbocycles. The Morgan fingerprint density at radius 2 is 2.06 bits per heavy atom. The Morgan fingerprint density at radius 1 is 1.50 bits per heavy atom. The number of hydrogen-bond donors (Lipinski definition) is 1. The molecule has 4 heteroatoms. The first-order valence-corrected chi connectivity index (χ1v) is 5.86. The van der Waals surface area contributed by atoms with Crippen molar-refractivity contribution >= 4 is 15.9 Å². The standard InChI is InChI=1S/C12H17BrFNO/c1-7-10(14)9(13)5-8(11(7)16-4)6-12(2,3)15/h5H,6,15H2,1-4H3. The van der Waals surface area contributed by atoms with Crippen molar-refractivity contribution in [3.63, 3.8) is 0 Å². The molecule has 0 aromatic heterocycles. The highest BCUT2D eigenvalue weighted by molar-refractivity contribution is 9.10. The van der Waals surface area contributed by atoms with E-state index in [9.17, 15) is 4.39 Å².